The topological polar surface area (TPSA) is 75.4 Å². The van der Waals surface area contributed by atoms with Crippen molar-refractivity contribution in [2.75, 3.05) is 13.1 Å². The van der Waals surface area contributed by atoms with Crippen LogP contribution in [0.5, 0.6) is 0 Å². The quantitative estimate of drug-likeness (QED) is 0.661. The molecule has 15 heavy (non-hydrogen) atoms. The first-order chi connectivity index (χ1) is 7.07. The molecule has 0 bridgehead atoms. The van der Waals surface area contributed by atoms with Gasteiger partial charge in [0.25, 0.3) is 0 Å². The van der Waals surface area contributed by atoms with E-state index in [1.165, 1.54) is 0 Å². The Kier molecular flexibility index (Phi) is 4.08. The fourth-order valence-electron chi connectivity index (χ4n) is 1.78. The van der Waals surface area contributed by atoms with Gasteiger partial charge in [0.05, 0.1) is 6.04 Å². The van der Waals surface area contributed by atoms with Gasteiger partial charge in [0.15, 0.2) is 0 Å². The van der Waals surface area contributed by atoms with Crippen molar-refractivity contribution in [3.05, 3.63) is 0 Å². The first-order valence-corrected chi connectivity index (χ1v) is 5.41. The SMILES string of the molecule is CCNC(=O)C(C)N1CCCC(N)C1=O. The molecule has 0 spiro atoms. The number of likely N-dealkylation sites (N-methyl/N-ethyl adjacent to an activating group) is 1. The maximum atomic E-state index is 11.7. The molecule has 0 aromatic heterocycles. The van der Waals surface area contributed by atoms with E-state index in [9.17, 15) is 9.59 Å². The first-order valence-electron chi connectivity index (χ1n) is 5.41. The van der Waals surface area contributed by atoms with E-state index in [0.717, 1.165) is 12.8 Å². The third-order valence-corrected chi connectivity index (χ3v) is 2.71. The molecule has 1 heterocycles. The lowest BCUT2D eigenvalue weighted by atomic mass is 10.0. The van der Waals surface area contributed by atoms with Crippen molar-refractivity contribution in [3.63, 3.8) is 0 Å². The molecule has 86 valence electrons. The number of nitrogens with zero attached hydrogens (tertiary/aromatic N) is 1. The zero-order chi connectivity index (χ0) is 11.4. The van der Waals surface area contributed by atoms with Crippen LogP contribution in [0.15, 0.2) is 0 Å². The predicted octanol–water partition coefficient (Wildman–Crippen LogP) is -0.539. The third-order valence-electron chi connectivity index (χ3n) is 2.71. The van der Waals surface area contributed by atoms with Gasteiger partial charge in [-0.05, 0) is 26.7 Å². The summed E-state index contributed by atoms with van der Waals surface area (Å²) in [4.78, 5) is 24.8. The molecule has 1 aliphatic heterocycles. The number of nitrogens with one attached hydrogen (secondary N) is 1. The predicted molar refractivity (Wildman–Crippen MR) is 57.1 cm³/mol. The number of carbonyl (C=O) groups is 2. The maximum absolute atomic E-state index is 11.7. The smallest absolute Gasteiger partial charge is 0.242 e. The van der Waals surface area contributed by atoms with E-state index in [2.05, 4.69) is 5.32 Å². The van der Waals surface area contributed by atoms with Crippen LogP contribution in [0, 0.1) is 0 Å². The summed E-state index contributed by atoms with van der Waals surface area (Å²) in [6.07, 6.45) is 1.59. The van der Waals surface area contributed by atoms with Crippen molar-refractivity contribution < 1.29 is 9.59 Å². The van der Waals surface area contributed by atoms with E-state index in [0.29, 0.717) is 13.1 Å². The molecule has 0 aromatic carbocycles. The van der Waals surface area contributed by atoms with E-state index in [4.69, 9.17) is 5.73 Å². The lowest BCUT2D eigenvalue weighted by molar-refractivity contribution is -0.142. The fourth-order valence-corrected chi connectivity index (χ4v) is 1.78. The number of amides is 2. The monoisotopic (exact) mass is 213 g/mol. The molecule has 1 saturated heterocycles. The van der Waals surface area contributed by atoms with Crippen LogP contribution in [0.2, 0.25) is 0 Å². The molecule has 1 rings (SSSR count). The molecule has 5 nitrogen and oxygen atoms in total. The Morgan fingerprint density at radius 1 is 1.73 bits per heavy atom. The van der Waals surface area contributed by atoms with E-state index in [1.807, 2.05) is 6.92 Å². The summed E-state index contributed by atoms with van der Waals surface area (Å²) < 4.78 is 0. The van der Waals surface area contributed by atoms with Crippen molar-refractivity contribution in [1.82, 2.24) is 10.2 Å². The van der Waals surface area contributed by atoms with Gasteiger partial charge >= 0.3 is 0 Å². The minimum atomic E-state index is -0.435. The number of likely N-dealkylation sites (tertiary alicyclic amines) is 1. The fraction of sp³-hybridized carbons (Fsp3) is 0.800. The highest BCUT2D eigenvalue weighted by Crippen LogP contribution is 2.13. The number of nitrogens with two attached hydrogens (primary N) is 1. The summed E-state index contributed by atoms with van der Waals surface area (Å²) in [5, 5.41) is 2.70. The molecule has 0 radical (unpaired) electrons. The van der Waals surface area contributed by atoms with E-state index >= 15 is 0 Å². The molecule has 1 aliphatic rings. The second kappa shape index (κ2) is 5.11. The second-order valence-corrected chi connectivity index (χ2v) is 3.85. The summed E-state index contributed by atoms with van der Waals surface area (Å²) in [7, 11) is 0. The summed E-state index contributed by atoms with van der Waals surface area (Å²) in [5.41, 5.74) is 5.66. The third kappa shape index (κ3) is 2.68. The Labute approximate surface area is 90.0 Å². The van der Waals surface area contributed by atoms with Gasteiger partial charge in [-0.3, -0.25) is 9.59 Å². The van der Waals surface area contributed by atoms with Gasteiger partial charge in [-0.15, -0.1) is 0 Å². The molecule has 3 N–H and O–H groups in total. The molecule has 0 aliphatic carbocycles. The van der Waals surface area contributed by atoms with Crippen molar-refractivity contribution in [1.29, 1.82) is 0 Å². The summed E-state index contributed by atoms with van der Waals surface area (Å²) in [6, 6.07) is -0.848. The Hall–Kier alpha value is -1.10. The van der Waals surface area contributed by atoms with Crippen LogP contribution in [-0.2, 0) is 9.59 Å². The average molecular weight is 213 g/mol. The number of hydrogen-bond donors (Lipinski definition) is 2. The zero-order valence-electron chi connectivity index (χ0n) is 9.32. The van der Waals surface area contributed by atoms with Crippen LogP contribution < -0.4 is 11.1 Å². The number of piperidine rings is 1. The molecular formula is C10H19N3O2. The molecule has 5 heteroatoms. The maximum Gasteiger partial charge on any atom is 0.242 e. The first kappa shape index (κ1) is 12.0. The molecule has 2 atom stereocenters. The second-order valence-electron chi connectivity index (χ2n) is 3.85. The van der Waals surface area contributed by atoms with Crippen LogP contribution in [0.1, 0.15) is 26.7 Å². The summed E-state index contributed by atoms with van der Waals surface area (Å²) >= 11 is 0. The van der Waals surface area contributed by atoms with Crippen molar-refractivity contribution in [3.8, 4) is 0 Å². The Balaban J connectivity index is 2.61. The van der Waals surface area contributed by atoms with Crippen molar-refractivity contribution in [2.24, 2.45) is 5.73 Å². The summed E-state index contributed by atoms with van der Waals surface area (Å²) in [5.74, 6) is -0.222. The lowest BCUT2D eigenvalue weighted by Gasteiger charge is -2.34. The van der Waals surface area contributed by atoms with E-state index in [-0.39, 0.29) is 11.8 Å². The Bertz CT molecular complexity index is 255. The van der Waals surface area contributed by atoms with Crippen LogP contribution >= 0.6 is 0 Å². The minimum Gasteiger partial charge on any atom is -0.355 e. The normalized spacial score (nSPS) is 23.8. The highest BCUT2D eigenvalue weighted by molar-refractivity contribution is 5.89. The number of hydrogen-bond acceptors (Lipinski definition) is 3. The Morgan fingerprint density at radius 2 is 2.40 bits per heavy atom. The van der Waals surface area contributed by atoms with E-state index in [1.54, 1.807) is 11.8 Å². The van der Waals surface area contributed by atoms with Crippen LogP contribution in [0.3, 0.4) is 0 Å². The largest absolute Gasteiger partial charge is 0.355 e. The van der Waals surface area contributed by atoms with Crippen LogP contribution in [-0.4, -0.2) is 41.9 Å². The minimum absolute atomic E-state index is 0.111. The van der Waals surface area contributed by atoms with Crippen LogP contribution in [0.25, 0.3) is 0 Å². The molecule has 2 amide bonds. The average Bonchev–Trinajstić information content (AvgIpc) is 2.21. The molecule has 0 aromatic rings. The van der Waals surface area contributed by atoms with Gasteiger partial charge < -0.3 is 16.0 Å². The van der Waals surface area contributed by atoms with Crippen molar-refractivity contribution >= 4 is 11.8 Å². The molecule has 0 saturated carbocycles. The molecule has 1 fully saturated rings. The van der Waals surface area contributed by atoms with Gasteiger partial charge in [0, 0.05) is 13.1 Å². The van der Waals surface area contributed by atoms with Gasteiger partial charge in [0.1, 0.15) is 6.04 Å². The molecule has 2 unspecified atom stereocenters. The number of carbonyl (C=O) groups excluding carboxylic acids is 2. The van der Waals surface area contributed by atoms with Crippen LogP contribution in [0.4, 0.5) is 0 Å². The standard InChI is InChI=1S/C10H19N3O2/c1-3-12-9(14)7(2)13-6-4-5-8(11)10(13)15/h7-8H,3-6,11H2,1-2H3,(H,12,14). The highest BCUT2D eigenvalue weighted by atomic mass is 16.2. The van der Waals surface area contributed by atoms with Gasteiger partial charge in [-0.2, -0.15) is 0 Å². The number of rotatable bonds is 3. The van der Waals surface area contributed by atoms with E-state index < -0.39 is 12.1 Å². The Morgan fingerprint density at radius 3 is 3.00 bits per heavy atom. The van der Waals surface area contributed by atoms with Gasteiger partial charge in [0.2, 0.25) is 11.8 Å². The summed E-state index contributed by atoms with van der Waals surface area (Å²) in [6.45, 7) is 4.80. The zero-order valence-corrected chi connectivity index (χ0v) is 9.32. The van der Waals surface area contributed by atoms with Crippen molar-refractivity contribution in [2.45, 2.75) is 38.8 Å². The lowest BCUT2D eigenvalue weighted by Crippen LogP contribution is -2.55. The van der Waals surface area contributed by atoms with Gasteiger partial charge in [-0.1, -0.05) is 0 Å². The van der Waals surface area contributed by atoms with Gasteiger partial charge in [-0.25, -0.2) is 0 Å². The highest BCUT2D eigenvalue weighted by Gasteiger charge is 2.31. The molecular weight excluding hydrogens is 194 g/mol.